The Labute approximate surface area is 184 Å². The van der Waals surface area contributed by atoms with E-state index in [1.165, 1.54) is 5.56 Å². The van der Waals surface area contributed by atoms with E-state index in [1.807, 2.05) is 50.2 Å². The number of hydrogen-bond acceptors (Lipinski definition) is 4. The van der Waals surface area contributed by atoms with Crippen LogP contribution < -0.4 is 20.1 Å². The fourth-order valence-corrected chi connectivity index (χ4v) is 3.22. The van der Waals surface area contributed by atoms with Gasteiger partial charge in [0.15, 0.2) is 18.1 Å². The standard InChI is InChI=1S/C26H30N2O3/c1-5-20-9-12-22(13-10-20)27-16-21-11-14-24(25(15-21)30-4)31-17-26(29)28-23-8-6-7-18(2)19(23)3/h6-15,27H,5,16-17H2,1-4H3,(H,28,29). The van der Waals surface area contributed by atoms with Gasteiger partial charge in [0.1, 0.15) is 0 Å². The average molecular weight is 419 g/mol. The summed E-state index contributed by atoms with van der Waals surface area (Å²) in [5.74, 6) is 0.923. The highest BCUT2D eigenvalue weighted by Gasteiger charge is 2.10. The van der Waals surface area contributed by atoms with Crippen molar-refractivity contribution in [2.24, 2.45) is 0 Å². The molecular formula is C26H30N2O3. The van der Waals surface area contributed by atoms with Crippen molar-refractivity contribution in [2.75, 3.05) is 24.4 Å². The van der Waals surface area contributed by atoms with Crippen LogP contribution in [0.2, 0.25) is 0 Å². The molecule has 3 rings (SSSR count). The van der Waals surface area contributed by atoms with Crippen LogP contribution >= 0.6 is 0 Å². The van der Waals surface area contributed by atoms with Gasteiger partial charge >= 0.3 is 0 Å². The second-order valence-corrected chi connectivity index (χ2v) is 7.47. The number of carbonyl (C=O) groups is 1. The molecule has 1 amide bonds. The van der Waals surface area contributed by atoms with Gasteiger partial charge in [-0.25, -0.2) is 0 Å². The molecule has 3 aromatic rings. The fraction of sp³-hybridized carbons (Fsp3) is 0.269. The molecule has 0 atom stereocenters. The zero-order valence-corrected chi connectivity index (χ0v) is 18.6. The minimum Gasteiger partial charge on any atom is -0.493 e. The Bertz CT molecular complexity index is 1030. The summed E-state index contributed by atoms with van der Waals surface area (Å²) in [6.45, 7) is 6.72. The quantitative estimate of drug-likeness (QED) is 0.481. The van der Waals surface area contributed by atoms with E-state index in [-0.39, 0.29) is 12.5 Å². The smallest absolute Gasteiger partial charge is 0.262 e. The van der Waals surface area contributed by atoms with Gasteiger partial charge in [-0.15, -0.1) is 0 Å². The first kappa shape index (κ1) is 22.2. The van der Waals surface area contributed by atoms with Crippen LogP contribution in [0.4, 0.5) is 11.4 Å². The van der Waals surface area contributed by atoms with Crippen molar-refractivity contribution >= 4 is 17.3 Å². The minimum atomic E-state index is -0.211. The lowest BCUT2D eigenvalue weighted by Crippen LogP contribution is -2.21. The van der Waals surface area contributed by atoms with Crippen LogP contribution in [0.3, 0.4) is 0 Å². The number of carbonyl (C=O) groups excluding carboxylic acids is 1. The SMILES string of the molecule is CCc1ccc(NCc2ccc(OCC(=O)Nc3cccc(C)c3C)c(OC)c2)cc1. The molecule has 2 N–H and O–H groups in total. The molecule has 0 aliphatic heterocycles. The van der Waals surface area contributed by atoms with Crippen LogP contribution in [0.1, 0.15) is 29.2 Å². The van der Waals surface area contributed by atoms with Crippen LogP contribution in [0.25, 0.3) is 0 Å². The van der Waals surface area contributed by atoms with E-state index in [1.54, 1.807) is 7.11 Å². The predicted octanol–water partition coefficient (Wildman–Crippen LogP) is 5.50. The first-order chi connectivity index (χ1) is 15.0. The van der Waals surface area contributed by atoms with Crippen molar-refractivity contribution in [1.82, 2.24) is 0 Å². The maximum absolute atomic E-state index is 12.3. The van der Waals surface area contributed by atoms with E-state index in [4.69, 9.17) is 9.47 Å². The molecule has 0 unspecified atom stereocenters. The lowest BCUT2D eigenvalue weighted by Gasteiger charge is -2.14. The van der Waals surface area contributed by atoms with Crippen molar-refractivity contribution in [3.63, 3.8) is 0 Å². The van der Waals surface area contributed by atoms with E-state index < -0.39 is 0 Å². The third-order valence-electron chi connectivity index (χ3n) is 5.32. The van der Waals surface area contributed by atoms with E-state index in [9.17, 15) is 4.79 Å². The molecule has 0 aromatic heterocycles. The molecule has 0 bridgehead atoms. The van der Waals surface area contributed by atoms with Crippen LogP contribution in [0.15, 0.2) is 60.7 Å². The Morgan fingerprint density at radius 2 is 1.68 bits per heavy atom. The summed E-state index contributed by atoms with van der Waals surface area (Å²) in [6, 6.07) is 20.0. The highest BCUT2D eigenvalue weighted by Crippen LogP contribution is 2.28. The van der Waals surface area contributed by atoms with E-state index in [0.29, 0.717) is 18.0 Å². The zero-order valence-electron chi connectivity index (χ0n) is 18.6. The van der Waals surface area contributed by atoms with Gasteiger partial charge in [0, 0.05) is 17.9 Å². The maximum Gasteiger partial charge on any atom is 0.262 e. The number of hydrogen-bond donors (Lipinski definition) is 2. The number of nitrogens with one attached hydrogen (secondary N) is 2. The number of aryl methyl sites for hydroxylation is 2. The molecule has 5 heteroatoms. The van der Waals surface area contributed by atoms with Crippen molar-refractivity contribution in [1.29, 1.82) is 0 Å². The molecule has 0 spiro atoms. The summed E-state index contributed by atoms with van der Waals surface area (Å²) in [6.07, 6.45) is 1.03. The zero-order chi connectivity index (χ0) is 22.2. The molecule has 0 aliphatic carbocycles. The lowest BCUT2D eigenvalue weighted by molar-refractivity contribution is -0.118. The van der Waals surface area contributed by atoms with Crippen LogP contribution in [0.5, 0.6) is 11.5 Å². The molecule has 31 heavy (non-hydrogen) atoms. The second-order valence-electron chi connectivity index (χ2n) is 7.47. The maximum atomic E-state index is 12.3. The Kier molecular flexibility index (Phi) is 7.55. The number of anilines is 2. The summed E-state index contributed by atoms with van der Waals surface area (Å²) in [7, 11) is 1.60. The summed E-state index contributed by atoms with van der Waals surface area (Å²) in [5, 5.41) is 6.31. The fourth-order valence-electron chi connectivity index (χ4n) is 3.22. The first-order valence-electron chi connectivity index (χ1n) is 10.5. The van der Waals surface area contributed by atoms with Gasteiger partial charge in [-0.2, -0.15) is 0 Å². The van der Waals surface area contributed by atoms with Crippen molar-refractivity contribution < 1.29 is 14.3 Å². The molecule has 162 valence electrons. The summed E-state index contributed by atoms with van der Waals surface area (Å²) < 4.78 is 11.2. The third-order valence-corrected chi connectivity index (χ3v) is 5.32. The number of rotatable bonds is 9. The molecule has 0 saturated carbocycles. The van der Waals surface area contributed by atoms with Gasteiger partial charge in [-0.05, 0) is 72.9 Å². The summed E-state index contributed by atoms with van der Waals surface area (Å²) in [4.78, 5) is 12.3. The Balaban J connectivity index is 1.57. The van der Waals surface area contributed by atoms with E-state index in [0.717, 1.165) is 34.5 Å². The third kappa shape index (κ3) is 6.01. The van der Waals surface area contributed by atoms with Crippen molar-refractivity contribution in [3.05, 3.63) is 82.9 Å². The predicted molar refractivity (Wildman–Crippen MR) is 126 cm³/mol. The van der Waals surface area contributed by atoms with Gasteiger partial charge in [0.2, 0.25) is 0 Å². The Hall–Kier alpha value is -3.47. The average Bonchev–Trinajstić information content (AvgIpc) is 2.80. The van der Waals surface area contributed by atoms with E-state index in [2.05, 4.69) is 41.8 Å². The molecule has 0 saturated heterocycles. The minimum absolute atomic E-state index is 0.0921. The largest absolute Gasteiger partial charge is 0.493 e. The molecule has 3 aromatic carbocycles. The lowest BCUT2D eigenvalue weighted by atomic mass is 10.1. The molecule has 0 radical (unpaired) electrons. The van der Waals surface area contributed by atoms with Crippen LogP contribution in [-0.4, -0.2) is 19.6 Å². The first-order valence-corrected chi connectivity index (χ1v) is 10.5. The van der Waals surface area contributed by atoms with E-state index >= 15 is 0 Å². The molecule has 0 fully saturated rings. The molecular weight excluding hydrogens is 388 g/mol. The Morgan fingerprint density at radius 1 is 0.935 bits per heavy atom. The van der Waals surface area contributed by atoms with Crippen LogP contribution in [-0.2, 0) is 17.8 Å². The second kappa shape index (κ2) is 10.5. The normalized spacial score (nSPS) is 10.5. The Morgan fingerprint density at radius 3 is 2.39 bits per heavy atom. The molecule has 0 aliphatic rings. The number of methoxy groups -OCH3 is 1. The van der Waals surface area contributed by atoms with Gasteiger partial charge in [-0.3, -0.25) is 4.79 Å². The van der Waals surface area contributed by atoms with Gasteiger partial charge in [-0.1, -0.05) is 37.3 Å². The number of amides is 1. The summed E-state index contributed by atoms with van der Waals surface area (Å²) in [5.41, 5.74) is 6.42. The molecule has 0 heterocycles. The topological polar surface area (TPSA) is 59.6 Å². The van der Waals surface area contributed by atoms with Gasteiger partial charge in [0.25, 0.3) is 5.91 Å². The number of benzene rings is 3. The van der Waals surface area contributed by atoms with Crippen molar-refractivity contribution in [2.45, 2.75) is 33.7 Å². The van der Waals surface area contributed by atoms with Gasteiger partial charge < -0.3 is 20.1 Å². The summed E-state index contributed by atoms with van der Waals surface area (Å²) >= 11 is 0. The van der Waals surface area contributed by atoms with Crippen LogP contribution in [0, 0.1) is 13.8 Å². The highest BCUT2D eigenvalue weighted by atomic mass is 16.5. The highest BCUT2D eigenvalue weighted by molar-refractivity contribution is 5.92. The monoisotopic (exact) mass is 418 g/mol. The van der Waals surface area contributed by atoms with Gasteiger partial charge in [0.05, 0.1) is 7.11 Å². The van der Waals surface area contributed by atoms with Crippen molar-refractivity contribution in [3.8, 4) is 11.5 Å². The number of ether oxygens (including phenoxy) is 2. The molecule has 5 nitrogen and oxygen atoms in total.